The first-order chi connectivity index (χ1) is 7.86. The van der Waals surface area contributed by atoms with E-state index in [1.54, 1.807) is 6.20 Å². The van der Waals surface area contributed by atoms with Crippen molar-refractivity contribution in [1.29, 1.82) is 0 Å². The van der Waals surface area contributed by atoms with Crippen LogP contribution in [-0.2, 0) is 6.42 Å². The maximum absolute atomic E-state index is 5.47. The third kappa shape index (κ3) is 1.43. The number of anilines is 2. The van der Waals surface area contributed by atoms with Gasteiger partial charge in [0.1, 0.15) is 11.4 Å². The molecule has 0 saturated carbocycles. The van der Waals surface area contributed by atoms with Crippen LogP contribution in [0.5, 0.6) is 5.75 Å². The van der Waals surface area contributed by atoms with Crippen LogP contribution < -0.4 is 10.1 Å². The van der Waals surface area contributed by atoms with Crippen LogP contribution in [0.2, 0.25) is 0 Å². The molecule has 0 amide bonds. The molecular weight excluding hydrogens is 204 g/mol. The van der Waals surface area contributed by atoms with E-state index in [2.05, 4.69) is 10.5 Å². The van der Waals surface area contributed by atoms with Crippen molar-refractivity contribution in [2.75, 3.05) is 11.9 Å². The predicted molar refractivity (Wildman–Crippen MR) is 60.2 cm³/mol. The van der Waals surface area contributed by atoms with Crippen molar-refractivity contribution in [3.63, 3.8) is 0 Å². The molecule has 1 N–H and O–H groups in total. The van der Waals surface area contributed by atoms with E-state index in [4.69, 9.17) is 9.26 Å². The number of ether oxygens (including phenoxy) is 1. The summed E-state index contributed by atoms with van der Waals surface area (Å²) in [5.74, 6) is 1.77. The summed E-state index contributed by atoms with van der Waals surface area (Å²) in [4.78, 5) is 0. The first kappa shape index (κ1) is 9.27. The van der Waals surface area contributed by atoms with Crippen LogP contribution in [0.4, 0.5) is 11.4 Å². The van der Waals surface area contributed by atoms with Crippen LogP contribution in [0.25, 0.3) is 0 Å². The molecule has 0 bridgehead atoms. The highest BCUT2D eigenvalue weighted by Crippen LogP contribution is 2.34. The van der Waals surface area contributed by atoms with Crippen molar-refractivity contribution >= 4 is 11.4 Å². The Morgan fingerprint density at radius 2 is 2.38 bits per heavy atom. The summed E-state index contributed by atoms with van der Waals surface area (Å²) in [7, 11) is 0. The maximum Gasteiger partial charge on any atom is 0.164 e. The molecule has 2 aromatic rings. The zero-order valence-corrected chi connectivity index (χ0v) is 8.99. The lowest BCUT2D eigenvalue weighted by Gasteiger charge is -2.17. The lowest BCUT2D eigenvalue weighted by atomic mass is 10.0. The van der Waals surface area contributed by atoms with Gasteiger partial charge in [0.2, 0.25) is 0 Å². The number of nitrogens with one attached hydrogen (secondary N) is 1. The van der Waals surface area contributed by atoms with Crippen LogP contribution in [0, 0.1) is 0 Å². The molecule has 0 aliphatic carbocycles. The van der Waals surface area contributed by atoms with Gasteiger partial charge in [-0.15, -0.1) is 0 Å². The Labute approximate surface area is 93.2 Å². The van der Waals surface area contributed by atoms with E-state index < -0.39 is 0 Å². The molecule has 0 radical (unpaired) electrons. The zero-order valence-electron chi connectivity index (χ0n) is 8.99. The lowest BCUT2D eigenvalue weighted by molar-refractivity contribution is 0.339. The summed E-state index contributed by atoms with van der Waals surface area (Å²) in [6.07, 6.45) is 2.47. The minimum atomic E-state index is 0.680. The highest BCUT2D eigenvalue weighted by atomic mass is 16.5. The molecule has 82 valence electrons. The van der Waals surface area contributed by atoms with Gasteiger partial charge in [-0.25, -0.2) is 0 Å². The third-order valence-corrected chi connectivity index (χ3v) is 2.65. The summed E-state index contributed by atoms with van der Waals surface area (Å²) in [5.41, 5.74) is 3.23. The number of hydrogen-bond donors (Lipinski definition) is 1. The van der Waals surface area contributed by atoms with Crippen LogP contribution in [0.15, 0.2) is 28.9 Å². The molecule has 0 saturated heterocycles. The van der Waals surface area contributed by atoms with Crippen molar-refractivity contribution in [2.24, 2.45) is 0 Å². The molecule has 0 fully saturated rings. The van der Waals surface area contributed by atoms with Crippen LogP contribution in [0.3, 0.4) is 0 Å². The Bertz CT molecular complexity index is 519. The minimum Gasteiger partial charge on any atom is -0.494 e. The van der Waals surface area contributed by atoms with E-state index in [-0.39, 0.29) is 0 Å². The quantitative estimate of drug-likeness (QED) is 0.715. The SMILES string of the molecule is CCOc1ccc2c(c1)Cc1oncc1N2. The Kier molecular flexibility index (Phi) is 2.06. The number of fused-ring (bicyclic) bond motifs is 2. The van der Waals surface area contributed by atoms with E-state index in [1.807, 2.05) is 25.1 Å². The topological polar surface area (TPSA) is 47.3 Å². The zero-order chi connectivity index (χ0) is 11.0. The van der Waals surface area contributed by atoms with Crippen molar-refractivity contribution in [3.8, 4) is 5.75 Å². The van der Waals surface area contributed by atoms with Gasteiger partial charge in [-0.2, -0.15) is 0 Å². The van der Waals surface area contributed by atoms with Gasteiger partial charge < -0.3 is 14.6 Å². The summed E-state index contributed by atoms with van der Waals surface area (Å²) >= 11 is 0. The molecule has 0 spiro atoms. The van der Waals surface area contributed by atoms with E-state index in [0.717, 1.165) is 29.3 Å². The third-order valence-electron chi connectivity index (χ3n) is 2.65. The molecule has 1 aromatic carbocycles. The standard InChI is InChI=1S/C12H12N2O2/c1-2-15-9-3-4-10-8(5-9)6-12-11(14-10)7-13-16-12/h3-5,7,14H,2,6H2,1H3. The molecule has 2 heterocycles. The Morgan fingerprint density at radius 3 is 3.25 bits per heavy atom. The van der Waals surface area contributed by atoms with Gasteiger partial charge in [-0.05, 0) is 30.7 Å². The highest BCUT2D eigenvalue weighted by Gasteiger charge is 2.18. The maximum atomic E-state index is 5.47. The normalized spacial score (nSPS) is 12.6. The fourth-order valence-electron chi connectivity index (χ4n) is 1.91. The molecule has 0 unspecified atom stereocenters. The van der Waals surface area contributed by atoms with Crippen LogP contribution in [0.1, 0.15) is 18.2 Å². The van der Waals surface area contributed by atoms with Gasteiger partial charge in [0.25, 0.3) is 0 Å². The predicted octanol–water partition coefficient (Wildman–Crippen LogP) is 2.72. The molecule has 0 atom stereocenters. The van der Waals surface area contributed by atoms with Gasteiger partial charge in [0.15, 0.2) is 5.76 Å². The number of nitrogens with zero attached hydrogens (tertiary/aromatic N) is 1. The molecule has 4 nitrogen and oxygen atoms in total. The summed E-state index contributed by atoms with van der Waals surface area (Å²) < 4.78 is 10.6. The first-order valence-electron chi connectivity index (χ1n) is 5.33. The van der Waals surface area contributed by atoms with Gasteiger partial charge in [-0.1, -0.05) is 5.16 Å². The van der Waals surface area contributed by atoms with Crippen LogP contribution in [-0.4, -0.2) is 11.8 Å². The van der Waals surface area contributed by atoms with Gasteiger partial charge in [0, 0.05) is 12.1 Å². The van der Waals surface area contributed by atoms with E-state index >= 15 is 0 Å². The van der Waals surface area contributed by atoms with Crippen LogP contribution >= 0.6 is 0 Å². The van der Waals surface area contributed by atoms with Gasteiger partial charge in [0.05, 0.1) is 12.8 Å². The van der Waals surface area contributed by atoms with E-state index in [1.165, 1.54) is 5.56 Å². The van der Waals surface area contributed by atoms with Crippen molar-refractivity contribution in [1.82, 2.24) is 5.16 Å². The fraction of sp³-hybridized carbons (Fsp3) is 0.250. The van der Waals surface area contributed by atoms with E-state index in [9.17, 15) is 0 Å². The molecule has 1 aromatic heterocycles. The smallest absolute Gasteiger partial charge is 0.164 e. The number of benzene rings is 1. The van der Waals surface area contributed by atoms with Gasteiger partial charge in [-0.3, -0.25) is 0 Å². The Balaban J connectivity index is 1.97. The molecular formula is C12H12N2O2. The monoisotopic (exact) mass is 216 g/mol. The van der Waals surface area contributed by atoms with Crippen molar-refractivity contribution in [2.45, 2.75) is 13.3 Å². The fourth-order valence-corrected chi connectivity index (χ4v) is 1.91. The number of hydrogen-bond acceptors (Lipinski definition) is 4. The Hall–Kier alpha value is -1.97. The second kappa shape index (κ2) is 3.56. The second-order valence-corrected chi connectivity index (χ2v) is 3.72. The Morgan fingerprint density at radius 1 is 1.44 bits per heavy atom. The molecule has 16 heavy (non-hydrogen) atoms. The molecule has 3 rings (SSSR count). The average Bonchev–Trinajstić information content (AvgIpc) is 2.73. The molecule has 4 heteroatoms. The second-order valence-electron chi connectivity index (χ2n) is 3.72. The number of rotatable bonds is 2. The molecule has 1 aliphatic heterocycles. The highest BCUT2D eigenvalue weighted by molar-refractivity contribution is 5.69. The summed E-state index contributed by atoms with van der Waals surface area (Å²) in [6, 6.07) is 6.03. The minimum absolute atomic E-state index is 0.680. The van der Waals surface area contributed by atoms with Crippen molar-refractivity contribution in [3.05, 3.63) is 35.7 Å². The lowest BCUT2D eigenvalue weighted by Crippen LogP contribution is -2.05. The first-order valence-corrected chi connectivity index (χ1v) is 5.33. The van der Waals surface area contributed by atoms with E-state index in [0.29, 0.717) is 6.61 Å². The van der Waals surface area contributed by atoms with Gasteiger partial charge >= 0.3 is 0 Å². The summed E-state index contributed by atoms with van der Waals surface area (Å²) in [6.45, 7) is 2.66. The largest absolute Gasteiger partial charge is 0.494 e. The molecule has 1 aliphatic rings. The van der Waals surface area contributed by atoms with Crippen molar-refractivity contribution < 1.29 is 9.26 Å². The summed E-state index contributed by atoms with van der Waals surface area (Å²) in [5, 5.41) is 7.05. The average molecular weight is 216 g/mol. The number of aromatic nitrogens is 1.